The molecule has 0 aliphatic heterocycles. The molecular formula is C13H19ClN2O3. The number of nitrogens with one attached hydrogen (secondary N) is 1. The Hall–Kier alpha value is -1.30. The monoisotopic (exact) mass is 286 g/mol. The first kappa shape index (κ1) is 15.8. The number of ether oxygens (including phenoxy) is 2. The van der Waals surface area contributed by atoms with Crippen LogP contribution in [-0.4, -0.2) is 32.8 Å². The minimum absolute atomic E-state index is 0.165. The molecule has 0 radical (unpaired) electrons. The lowest BCUT2D eigenvalue weighted by Gasteiger charge is -2.15. The molecule has 0 aliphatic rings. The van der Waals surface area contributed by atoms with Crippen molar-refractivity contribution in [3.8, 4) is 5.75 Å². The van der Waals surface area contributed by atoms with Gasteiger partial charge in [-0.15, -0.1) is 0 Å². The summed E-state index contributed by atoms with van der Waals surface area (Å²) < 4.78 is 10.4. The lowest BCUT2D eigenvalue weighted by molar-refractivity contribution is -0.119. The summed E-state index contributed by atoms with van der Waals surface area (Å²) in [5.41, 5.74) is 5.99. The van der Waals surface area contributed by atoms with Crippen molar-refractivity contribution in [2.24, 2.45) is 11.7 Å². The van der Waals surface area contributed by atoms with Gasteiger partial charge < -0.3 is 20.5 Å². The highest BCUT2D eigenvalue weighted by Gasteiger charge is 2.15. The molecule has 3 N–H and O–H groups in total. The number of methoxy groups -OCH3 is 1. The summed E-state index contributed by atoms with van der Waals surface area (Å²) >= 11 is 6.06. The van der Waals surface area contributed by atoms with Crippen LogP contribution in [0.1, 0.15) is 6.92 Å². The first-order valence-corrected chi connectivity index (χ1v) is 6.39. The van der Waals surface area contributed by atoms with Crippen molar-refractivity contribution < 1.29 is 14.3 Å². The summed E-state index contributed by atoms with van der Waals surface area (Å²) in [5, 5.41) is 3.20. The molecule has 0 heterocycles. The Labute approximate surface area is 118 Å². The maximum Gasteiger partial charge on any atom is 0.228 e. The van der Waals surface area contributed by atoms with Crippen LogP contribution < -0.4 is 15.8 Å². The lowest BCUT2D eigenvalue weighted by atomic mass is 10.1. The van der Waals surface area contributed by atoms with E-state index in [0.717, 1.165) is 0 Å². The van der Waals surface area contributed by atoms with Crippen molar-refractivity contribution in [2.75, 3.05) is 32.2 Å². The predicted octanol–water partition coefficient (Wildman–Crippen LogP) is 1.90. The maximum absolute atomic E-state index is 11.8. The minimum atomic E-state index is -0.272. The fourth-order valence-corrected chi connectivity index (χ4v) is 1.57. The third-order valence-corrected chi connectivity index (χ3v) is 2.86. The zero-order valence-corrected chi connectivity index (χ0v) is 11.9. The number of halogens is 1. The third-order valence-electron chi connectivity index (χ3n) is 2.56. The van der Waals surface area contributed by atoms with E-state index in [1.165, 1.54) is 0 Å². The Morgan fingerprint density at radius 3 is 2.84 bits per heavy atom. The Bertz CT molecular complexity index is 426. The first-order chi connectivity index (χ1) is 9.10. The normalized spacial score (nSPS) is 12.0. The maximum atomic E-state index is 11.8. The molecule has 0 fully saturated rings. The van der Waals surface area contributed by atoms with Gasteiger partial charge in [-0.25, -0.2) is 0 Å². The Balaban J connectivity index is 2.81. The number of hydrogen-bond acceptors (Lipinski definition) is 4. The van der Waals surface area contributed by atoms with Gasteiger partial charge in [-0.1, -0.05) is 24.6 Å². The highest BCUT2D eigenvalue weighted by molar-refractivity contribution is 6.32. The molecular weight excluding hydrogens is 268 g/mol. The number of hydrogen-bond donors (Lipinski definition) is 2. The fraction of sp³-hybridized carbons (Fsp3) is 0.462. The van der Waals surface area contributed by atoms with E-state index in [-0.39, 0.29) is 18.4 Å². The van der Waals surface area contributed by atoms with E-state index in [0.29, 0.717) is 29.7 Å². The number of para-hydroxylation sites is 1. The van der Waals surface area contributed by atoms with Gasteiger partial charge in [0.15, 0.2) is 5.75 Å². The Morgan fingerprint density at radius 1 is 1.47 bits per heavy atom. The number of benzene rings is 1. The topological polar surface area (TPSA) is 73.6 Å². The van der Waals surface area contributed by atoms with E-state index in [2.05, 4.69) is 5.32 Å². The zero-order valence-electron chi connectivity index (χ0n) is 11.1. The van der Waals surface area contributed by atoms with Crippen molar-refractivity contribution in [1.29, 1.82) is 0 Å². The van der Waals surface area contributed by atoms with Crippen LogP contribution in [0.5, 0.6) is 5.75 Å². The Kier molecular flexibility index (Phi) is 6.62. The summed E-state index contributed by atoms with van der Waals surface area (Å²) in [6.07, 6.45) is 0. The summed E-state index contributed by atoms with van der Waals surface area (Å²) in [6.45, 7) is 2.84. The SMILES string of the molecule is COCCOc1c(Cl)cccc1NC(=O)C(C)CN. The van der Waals surface area contributed by atoms with Crippen LogP contribution in [0.4, 0.5) is 5.69 Å². The second-order valence-electron chi connectivity index (χ2n) is 4.08. The van der Waals surface area contributed by atoms with E-state index < -0.39 is 0 Å². The van der Waals surface area contributed by atoms with Gasteiger partial charge in [0.05, 0.1) is 17.3 Å². The number of rotatable bonds is 7. The lowest BCUT2D eigenvalue weighted by Crippen LogP contribution is -2.27. The number of anilines is 1. The van der Waals surface area contributed by atoms with Crippen LogP contribution >= 0.6 is 11.6 Å². The predicted molar refractivity (Wildman–Crippen MR) is 75.7 cm³/mol. The molecule has 0 saturated carbocycles. The second-order valence-corrected chi connectivity index (χ2v) is 4.49. The van der Waals surface area contributed by atoms with Gasteiger partial charge in [0.1, 0.15) is 6.61 Å². The van der Waals surface area contributed by atoms with Crippen LogP contribution in [0.15, 0.2) is 18.2 Å². The molecule has 0 aromatic heterocycles. The molecule has 0 spiro atoms. The molecule has 5 nitrogen and oxygen atoms in total. The number of nitrogens with two attached hydrogens (primary N) is 1. The molecule has 1 atom stereocenters. The molecule has 1 aromatic carbocycles. The molecule has 1 unspecified atom stereocenters. The average Bonchev–Trinajstić information content (AvgIpc) is 2.41. The van der Waals surface area contributed by atoms with E-state index in [1.54, 1.807) is 32.2 Å². The molecule has 0 bridgehead atoms. The van der Waals surface area contributed by atoms with Gasteiger partial charge in [-0.05, 0) is 12.1 Å². The van der Waals surface area contributed by atoms with Crippen LogP contribution in [0, 0.1) is 5.92 Å². The fourth-order valence-electron chi connectivity index (χ4n) is 1.34. The molecule has 0 saturated heterocycles. The molecule has 6 heteroatoms. The summed E-state index contributed by atoms with van der Waals surface area (Å²) in [4.78, 5) is 11.8. The van der Waals surface area contributed by atoms with Gasteiger partial charge in [0.2, 0.25) is 5.91 Å². The summed E-state index contributed by atoms with van der Waals surface area (Å²) in [5.74, 6) is 0.00551. The van der Waals surface area contributed by atoms with Gasteiger partial charge in [0, 0.05) is 19.6 Å². The smallest absolute Gasteiger partial charge is 0.228 e. The standard InChI is InChI=1S/C13H19ClN2O3/c1-9(8-15)13(17)16-11-5-3-4-10(14)12(11)19-7-6-18-2/h3-5,9H,6-8,15H2,1-2H3,(H,16,17). The van der Waals surface area contributed by atoms with E-state index in [1.807, 2.05) is 0 Å². The number of amides is 1. The van der Waals surface area contributed by atoms with Crippen molar-refractivity contribution in [1.82, 2.24) is 0 Å². The molecule has 1 aromatic rings. The van der Waals surface area contributed by atoms with E-state index in [4.69, 9.17) is 26.8 Å². The van der Waals surface area contributed by atoms with Crippen molar-refractivity contribution in [2.45, 2.75) is 6.92 Å². The minimum Gasteiger partial charge on any atom is -0.487 e. The molecule has 1 rings (SSSR count). The molecule has 106 valence electrons. The average molecular weight is 287 g/mol. The zero-order chi connectivity index (χ0) is 14.3. The highest BCUT2D eigenvalue weighted by Crippen LogP contribution is 2.33. The van der Waals surface area contributed by atoms with E-state index >= 15 is 0 Å². The summed E-state index contributed by atoms with van der Waals surface area (Å²) in [7, 11) is 1.58. The molecule has 1 amide bonds. The summed E-state index contributed by atoms with van der Waals surface area (Å²) in [6, 6.07) is 5.18. The van der Waals surface area contributed by atoms with Gasteiger partial charge >= 0.3 is 0 Å². The molecule has 19 heavy (non-hydrogen) atoms. The van der Waals surface area contributed by atoms with Gasteiger partial charge in [-0.3, -0.25) is 4.79 Å². The quantitative estimate of drug-likeness (QED) is 0.751. The van der Waals surface area contributed by atoms with Crippen molar-refractivity contribution >= 4 is 23.2 Å². The largest absolute Gasteiger partial charge is 0.487 e. The third kappa shape index (κ3) is 4.70. The van der Waals surface area contributed by atoms with Crippen LogP contribution in [0.25, 0.3) is 0 Å². The number of carbonyl (C=O) groups excluding carboxylic acids is 1. The van der Waals surface area contributed by atoms with Gasteiger partial charge in [0.25, 0.3) is 0 Å². The van der Waals surface area contributed by atoms with Crippen LogP contribution in [-0.2, 0) is 9.53 Å². The Morgan fingerprint density at radius 2 is 2.21 bits per heavy atom. The van der Waals surface area contributed by atoms with Gasteiger partial charge in [-0.2, -0.15) is 0 Å². The van der Waals surface area contributed by atoms with Crippen molar-refractivity contribution in [3.63, 3.8) is 0 Å². The van der Waals surface area contributed by atoms with Crippen LogP contribution in [0.3, 0.4) is 0 Å². The first-order valence-electron chi connectivity index (χ1n) is 6.01. The highest BCUT2D eigenvalue weighted by atomic mass is 35.5. The number of carbonyl (C=O) groups is 1. The second kappa shape index (κ2) is 7.99. The van der Waals surface area contributed by atoms with Crippen LogP contribution in [0.2, 0.25) is 5.02 Å². The molecule has 0 aliphatic carbocycles. The van der Waals surface area contributed by atoms with Crippen molar-refractivity contribution in [3.05, 3.63) is 23.2 Å². The van der Waals surface area contributed by atoms with E-state index in [9.17, 15) is 4.79 Å².